The largest absolute Gasteiger partial charge is 0.478 e. The summed E-state index contributed by atoms with van der Waals surface area (Å²) in [6.45, 7) is 8.34. The molecule has 5 rings (SSSR count). The van der Waals surface area contributed by atoms with Crippen molar-refractivity contribution in [3.63, 3.8) is 0 Å². The normalized spacial score (nSPS) is 17.3. The molecule has 189 valence electrons. The van der Waals surface area contributed by atoms with E-state index >= 15 is 0 Å². The third-order valence-electron chi connectivity index (χ3n) is 7.50. The molecule has 0 saturated heterocycles. The molecule has 6 heteroatoms. The van der Waals surface area contributed by atoms with Crippen molar-refractivity contribution in [3.05, 3.63) is 99.9 Å². The highest BCUT2D eigenvalue weighted by atomic mass is 16.5. The predicted octanol–water partition coefficient (Wildman–Crippen LogP) is 6.35. The number of rotatable bonds is 7. The number of aromatic nitrogens is 1. The number of carboxylic acids is 1. The lowest BCUT2D eigenvalue weighted by molar-refractivity contribution is 0.0698. The molecule has 1 atom stereocenters. The van der Waals surface area contributed by atoms with E-state index in [9.17, 15) is 15.2 Å². The Hall–Kier alpha value is -4.11. The fraction of sp³-hybridized carbons (Fsp3) is 0.281. The van der Waals surface area contributed by atoms with Crippen molar-refractivity contribution in [2.75, 3.05) is 0 Å². The SMILES string of the molecule is CC/C=C1/C(C)=C(c2ccc(C3(C#N)CC3)nc2)Oc2c1cc(C)cc2C(C)[B]c1ccccc1C(=O)O. The zero-order chi connectivity index (χ0) is 27.0. The second-order valence-corrected chi connectivity index (χ2v) is 10.3. The summed E-state index contributed by atoms with van der Waals surface area (Å²) in [6, 6.07) is 17.7. The molecular formula is C32H30BN2O3. The molecule has 1 aromatic heterocycles. The number of aryl methyl sites for hydroxylation is 1. The van der Waals surface area contributed by atoms with E-state index in [1.807, 2.05) is 37.7 Å². The maximum Gasteiger partial charge on any atom is 0.335 e. The molecule has 1 unspecified atom stereocenters. The minimum Gasteiger partial charge on any atom is -0.478 e. The van der Waals surface area contributed by atoms with Crippen LogP contribution in [0.4, 0.5) is 0 Å². The summed E-state index contributed by atoms with van der Waals surface area (Å²) in [7, 11) is 1.99. The van der Waals surface area contributed by atoms with Gasteiger partial charge in [-0.2, -0.15) is 5.26 Å². The zero-order valence-corrected chi connectivity index (χ0v) is 22.2. The summed E-state index contributed by atoms with van der Waals surface area (Å²) >= 11 is 0. The first-order valence-corrected chi connectivity index (χ1v) is 13.1. The first-order chi connectivity index (χ1) is 18.3. The van der Waals surface area contributed by atoms with Gasteiger partial charge in [0, 0.05) is 22.9 Å². The van der Waals surface area contributed by atoms with Gasteiger partial charge in [0.25, 0.3) is 0 Å². The number of ether oxygens (including phenoxy) is 1. The van der Waals surface area contributed by atoms with E-state index in [1.54, 1.807) is 12.1 Å². The van der Waals surface area contributed by atoms with Crippen LogP contribution in [-0.2, 0) is 5.41 Å². The number of benzene rings is 2. The van der Waals surface area contributed by atoms with Gasteiger partial charge in [-0.25, -0.2) is 4.79 Å². The van der Waals surface area contributed by atoms with E-state index < -0.39 is 11.4 Å². The van der Waals surface area contributed by atoms with Crippen molar-refractivity contribution in [2.24, 2.45) is 0 Å². The molecule has 2 aliphatic rings. The lowest BCUT2D eigenvalue weighted by atomic mass is 9.56. The van der Waals surface area contributed by atoms with E-state index in [2.05, 4.69) is 57.0 Å². The van der Waals surface area contributed by atoms with Crippen molar-refractivity contribution >= 4 is 30.0 Å². The molecule has 3 aromatic rings. The zero-order valence-electron chi connectivity index (χ0n) is 22.2. The monoisotopic (exact) mass is 501 g/mol. The minimum absolute atomic E-state index is 0.0995. The number of hydrogen-bond acceptors (Lipinski definition) is 4. The van der Waals surface area contributed by atoms with Crippen LogP contribution in [0.15, 0.2) is 66.4 Å². The van der Waals surface area contributed by atoms with Crippen LogP contribution in [0.1, 0.15) is 84.2 Å². The number of nitriles is 1. The van der Waals surface area contributed by atoms with Crippen LogP contribution in [0.2, 0.25) is 0 Å². The van der Waals surface area contributed by atoms with E-state index in [0.717, 1.165) is 69.9 Å². The third kappa shape index (κ3) is 4.54. The van der Waals surface area contributed by atoms with Crippen LogP contribution in [0.25, 0.3) is 11.3 Å². The quantitative estimate of drug-likeness (QED) is 0.382. The molecule has 1 N–H and O–H groups in total. The standard InChI is InChI=1S/C32H30BN2O3/c1-5-8-23-20(3)29(22-11-12-28(35-17-22)32(18-34)13-14-32)38-30-25(15-19(2)16-26(23)30)21(4)33-27-10-7-6-9-24(27)31(36)37/h6-12,15-17,21H,5,13-14H2,1-4H3,(H,36,37)/b23-8-. The molecule has 1 radical (unpaired) electrons. The Bertz CT molecular complexity index is 1530. The fourth-order valence-corrected chi connectivity index (χ4v) is 5.26. The van der Waals surface area contributed by atoms with Crippen molar-refractivity contribution in [1.29, 1.82) is 5.26 Å². The Morgan fingerprint density at radius 3 is 2.63 bits per heavy atom. The third-order valence-corrected chi connectivity index (χ3v) is 7.50. The highest BCUT2D eigenvalue weighted by Gasteiger charge is 2.46. The molecule has 0 spiro atoms. The van der Waals surface area contributed by atoms with E-state index in [0.29, 0.717) is 5.46 Å². The van der Waals surface area contributed by atoms with Crippen molar-refractivity contribution in [2.45, 2.75) is 58.2 Å². The van der Waals surface area contributed by atoms with Gasteiger partial charge in [-0.05, 0) is 79.9 Å². The lowest BCUT2D eigenvalue weighted by Crippen LogP contribution is -2.27. The van der Waals surface area contributed by atoms with Gasteiger partial charge in [-0.3, -0.25) is 4.98 Å². The number of fused-ring (bicyclic) bond motifs is 1. The molecule has 2 heterocycles. The fourth-order valence-electron chi connectivity index (χ4n) is 5.26. The van der Waals surface area contributed by atoms with E-state index in [-0.39, 0.29) is 11.4 Å². The number of carboxylic acid groups (broad SMARTS) is 1. The summed E-state index contributed by atoms with van der Waals surface area (Å²) < 4.78 is 6.69. The smallest absolute Gasteiger partial charge is 0.335 e. The van der Waals surface area contributed by atoms with Crippen molar-refractivity contribution < 1.29 is 14.6 Å². The minimum atomic E-state index is -0.944. The molecule has 5 nitrogen and oxygen atoms in total. The first kappa shape index (κ1) is 25.5. The lowest BCUT2D eigenvalue weighted by Gasteiger charge is -2.29. The number of hydrogen-bond donors (Lipinski definition) is 1. The number of nitrogens with zero attached hydrogens (tertiary/aromatic N) is 2. The average Bonchev–Trinajstić information content (AvgIpc) is 3.71. The molecule has 1 fully saturated rings. The van der Waals surface area contributed by atoms with Gasteiger partial charge >= 0.3 is 5.97 Å². The summed E-state index contributed by atoms with van der Waals surface area (Å²) in [6.07, 6.45) is 6.62. The van der Waals surface area contributed by atoms with Crippen LogP contribution in [-0.4, -0.2) is 23.3 Å². The van der Waals surface area contributed by atoms with E-state index in [1.165, 1.54) is 0 Å². The van der Waals surface area contributed by atoms with Crippen LogP contribution < -0.4 is 10.2 Å². The number of allylic oxidation sites excluding steroid dienone is 3. The molecule has 1 aliphatic carbocycles. The summed E-state index contributed by atoms with van der Waals surface area (Å²) in [5.41, 5.74) is 7.54. The van der Waals surface area contributed by atoms with Gasteiger partial charge in [0.2, 0.25) is 0 Å². The van der Waals surface area contributed by atoms with Crippen LogP contribution in [0.3, 0.4) is 0 Å². The van der Waals surface area contributed by atoms with Crippen LogP contribution in [0.5, 0.6) is 5.75 Å². The highest BCUT2D eigenvalue weighted by molar-refractivity contribution is 6.56. The van der Waals surface area contributed by atoms with Gasteiger partial charge in [0.15, 0.2) is 7.28 Å². The van der Waals surface area contributed by atoms with Gasteiger partial charge in [0.1, 0.15) is 11.5 Å². The second-order valence-electron chi connectivity index (χ2n) is 10.3. The molecule has 0 bridgehead atoms. The summed E-state index contributed by atoms with van der Waals surface area (Å²) in [5, 5.41) is 19.2. The number of carbonyl (C=O) groups is 1. The van der Waals surface area contributed by atoms with Crippen LogP contribution >= 0.6 is 0 Å². The van der Waals surface area contributed by atoms with E-state index in [4.69, 9.17) is 4.74 Å². The van der Waals surface area contributed by atoms with Gasteiger partial charge in [-0.15, -0.1) is 0 Å². The molecule has 1 aliphatic heterocycles. The van der Waals surface area contributed by atoms with Gasteiger partial charge < -0.3 is 9.84 Å². The van der Waals surface area contributed by atoms with Gasteiger partial charge in [-0.1, -0.05) is 49.7 Å². The van der Waals surface area contributed by atoms with Gasteiger partial charge in [0.05, 0.1) is 22.7 Å². The Morgan fingerprint density at radius 2 is 2.00 bits per heavy atom. The maximum atomic E-state index is 11.8. The summed E-state index contributed by atoms with van der Waals surface area (Å²) in [4.78, 5) is 16.5. The average molecular weight is 501 g/mol. The summed E-state index contributed by atoms with van der Waals surface area (Å²) in [5.74, 6) is 0.493. The van der Waals surface area contributed by atoms with Crippen molar-refractivity contribution in [3.8, 4) is 11.8 Å². The molecule has 38 heavy (non-hydrogen) atoms. The topological polar surface area (TPSA) is 83.2 Å². The highest BCUT2D eigenvalue weighted by Crippen LogP contribution is 2.48. The molecule has 2 aromatic carbocycles. The Labute approximate surface area is 224 Å². The Morgan fingerprint density at radius 1 is 1.24 bits per heavy atom. The van der Waals surface area contributed by atoms with Crippen LogP contribution in [0, 0.1) is 18.3 Å². The Balaban J connectivity index is 1.57. The first-order valence-electron chi connectivity index (χ1n) is 13.1. The molecule has 0 amide bonds. The second kappa shape index (κ2) is 9.98. The molecule has 1 saturated carbocycles. The van der Waals surface area contributed by atoms with Crippen molar-refractivity contribution in [1.82, 2.24) is 4.98 Å². The molecular weight excluding hydrogens is 471 g/mol. The maximum absolute atomic E-state index is 11.8. The Kier molecular flexibility index (Phi) is 6.71. The predicted molar refractivity (Wildman–Crippen MR) is 151 cm³/mol. The number of aromatic carboxylic acids is 1. The number of pyridine rings is 1.